The van der Waals surface area contributed by atoms with Crippen LogP contribution in [-0.4, -0.2) is 22.4 Å². The van der Waals surface area contributed by atoms with E-state index in [0.717, 1.165) is 11.3 Å². The predicted molar refractivity (Wildman–Crippen MR) is 98.3 cm³/mol. The van der Waals surface area contributed by atoms with E-state index in [0.29, 0.717) is 16.6 Å². The standard InChI is InChI=1S/C18H21N3O3S/c1-10-6-7-12-11(8-10)19-14(22)18(5,24-12)15(23)21-16-20-13(9-25-16)17(2,3)4/h6-9H,1-5H3,(H,19,22)(H,20,21,23). The van der Waals surface area contributed by atoms with E-state index in [4.69, 9.17) is 4.74 Å². The van der Waals surface area contributed by atoms with Crippen LogP contribution in [0.25, 0.3) is 0 Å². The summed E-state index contributed by atoms with van der Waals surface area (Å²) < 4.78 is 5.75. The second-order valence-corrected chi connectivity index (χ2v) is 8.19. The van der Waals surface area contributed by atoms with E-state index in [-0.39, 0.29) is 5.41 Å². The zero-order chi connectivity index (χ0) is 18.4. The summed E-state index contributed by atoms with van der Waals surface area (Å²) in [7, 11) is 0. The molecule has 0 saturated carbocycles. The molecule has 1 aromatic carbocycles. The third-order valence-corrected chi connectivity index (χ3v) is 4.81. The first-order valence-electron chi connectivity index (χ1n) is 7.98. The van der Waals surface area contributed by atoms with Crippen LogP contribution in [0.15, 0.2) is 23.6 Å². The molecule has 132 valence electrons. The van der Waals surface area contributed by atoms with Gasteiger partial charge in [0.1, 0.15) is 5.75 Å². The maximum atomic E-state index is 12.7. The second-order valence-electron chi connectivity index (χ2n) is 7.33. The van der Waals surface area contributed by atoms with Gasteiger partial charge in [0.25, 0.3) is 17.4 Å². The zero-order valence-electron chi connectivity index (χ0n) is 14.9. The molecule has 1 atom stereocenters. The molecule has 2 aromatic rings. The number of fused-ring (bicyclic) bond motifs is 1. The Kier molecular flexibility index (Phi) is 4.07. The Morgan fingerprint density at radius 3 is 2.72 bits per heavy atom. The molecule has 7 heteroatoms. The minimum atomic E-state index is -1.66. The number of hydrogen-bond donors (Lipinski definition) is 2. The van der Waals surface area contributed by atoms with Crippen LogP contribution in [0.2, 0.25) is 0 Å². The Labute approximate surface area is 150 Å². The van der Waals surface area contributed by atoms with Crippen LogP contribution in [-0.2, 0) is 15.0 Å². The SMILES string of the molecule is Cc1ccc2c(c1)NC(=O)C(C)(C(=O)Nc1nc(C(C)(C)C)cs1)O2. The van der Waals surface area contributed by atoms with Gasteiger partial charge in [-0.05, 0) is 31.5 Å². The molecule has 0 radical (unpaired) electrons. The molecule has 0 saturated heterocycles. The number of carbonyl (C=O) groups excluding carboxylic acids is 2. The van der Waals surface area contributed by atoms with E-state index >= 15 is 0 Å². The van der Waals surface area contributed by atoms with E-state index < -0.39 is 17.4 Å². The maximum absolute atomic E-state index is 12.7. The highest BCUT2D eigenvalue weighted by atomic mass is 32.1. The number of aryl methyl sites for hydroxylation is 1. The van der Waals surface area contributed by atoms with Gasteiger partial charge in [-0.15, -0.1) is 11.3 Å². The second kappa shape index (κ2) is 5.84. The number of ether oxygens (including phenoxy) is 1. The number of anilines is 2. The minimum absolute atomic E-state index is 0.112. The van der Waals surface area contributed by atoms with E-state index in [1.165, 1.54) is 18.3 Å². The van der Waals surface area contributed by atoms with Crippen LogP contribution in [0.1, 0.15) is 39.0 Å². The highest BCUT2D eigenvalue weighted by molar-refractivity contribution is 7.14. The summed E-state index contributed by atoms with van der Waals surface area (Å²) >= 11 is 1.33. The fraction of sp³-hybridized carbons (Fsp3) is 0.389. The van der Waals surface area contributed by atoms with Gasteiger partial charge in [-0.1, -0.05) is 26.8 Å². The quantitative estimate of drug-likeness (QED) is 0.805. The Morgan fingerprint density at radius 1 is 1.36 bits per heavy atom. The molecule has 0 fully saturated rings. The molecule has 1 aliphatic heterocycles. The summed E-state index contributed by atoms with van der Waals surface area (Å²) in [5.74, 6) is -0.584. The van der Waals surface area contributed by atoms with Crippen LogP contribution in [0.3, 0.4) is 0 Å². The number of amides is 2. The molecule has 1 aliphatic rings. The molecule has 2 N–H and O–H groups in total. The third-order valence-electron chi connectivity index (χ3n) is 4.06. The first-order valence-corrected chi connectivity index (χ1v) is 8.86. The number of carbonyl (C=O) groups is 2. The summed E-state index contributed by atoms with van der Waals surface area (Å²) in [6.07, 6.45) is 0. The molecule has 6 nitrogen and oxygen atoms in total. The van der Waals surface area contributed by atoms with Gasteiger partial charge in [-0.25, -0.2) is 4.98 Å². The van der Waals surface area contributed by atoms with Crippen molar-refractivity contribution in [1.82, 2.24) is 4.98 Å². The monoisotopic (exact) mass is 359 g/mol. The van der Waals surface area contributed by atoms with E-state index in [2.05, 4.69) is 15.6 Å². The Morgan fingerprint density at radius 2 is 2.08 bits per heavy atom. The Bertz CT molecular complexity index is 853. The average Bonchev–Trinajstić information content (AvgIpc) is 2.97. The first-order chi connectivity index (χ1) is 11.6. The summed E-state index contributed by atoms with van der Waals surface area (Å²) in [4.78, 5) is 29.6. The van der Waals surface area contributed by atoms with Crippen LogP contribution in [0.5, 0.6) is 5.75 Å². The lowest BCUT2D eigenvalue weighted by Gasteiger charge is -2.33. The molecular formula is C18H21N3O3S. The molecule has 1 unspecified atom stereocenters. The van der Waals surface area contributed by atoms with E-state index in [1.54, 1.807) is 12.1 Å². The van der Waals surface area contributed by atoms with Crippen molar-refractivity contribution in [3.05, 3.63) is 34.8 Å². The number of thiazole rings is 1. The molecule has 0 bridgehead atoms. The summed E-state index contributed by atoms with van der Waals surface area (Å²) in [5.41, 5.74) is 0.676. The van der Waals surface area contributed by atoms with Crippen molar-refractivity contribution in [2.45, 2.75) is 45.6 Å². The first kappa shape index (κ1) is 17.4. The zero-order valence-corrected chi connectivity index (χ0v) is 15.7. The molecule has 2 amide bonds. The van der Waals surface area contributed by atoms with Crippen molar-refractivity contribution in [2.75, 3.05) is 10.6 Å². The lowest BCUT2D eigenvalue weighted by molar-refractivity contribution is -0.143. The smallest absolute Gasteiger partial charge is 0.280 e. The molecule has 3 rings (SSSR count). The van der Waals surface area contributed by atoms with Gasteiger partial charge < -0.3 is 10.1 Å². The van der Waals surface area contributed by atoms with E-state index in [1.807, 2.05) is 39.1 Å². The van der Waals surface area contributed by atoms with Gasteiger partial charge in [0, 0.05) is 10.8 Å². The summed E-state index contributed by atoms with van der Waals surface area (Å²) in [6.45, 7) is 9.52. The van der Waals surface area contributed by atoms with Gasteiger partial charge >= 0.3 is 0 Å². The largest absolute Gasteiger partial charge is 0.466 e. The summed E-state index contributed by atoms with van der Waals surface area (Å²) in [5, 5.41) is 7.79. The lowest BCUT2D eigenvalue weighted by atomic mass is 9.93. The fourth-order valence-corrected chi connectivity index (χ4v) is 3.31. The van der Waals surface area contributed by atoms with Crippen molar-refractivity contribution in [2.24, 2.45) is 0 Å². The van der Waals surface area contributed by atoms with Crippen LogP contribution < -0.4 is 15.4 Å². The number of hydrogen-bond acceptors (Lipinski definition) is 5. The maximum Gasteiger partial charge on any atom is 0.280 e. The van der Waals surface area contributed by atoms with Crippen molar-refractivity contribution in [1.29, 1.82) is 0 Å². The molecule has 0 spiro atoms. The number of nitrogens with zero attached hydrogens (tertiary/aromatic N) is 1. The topological polar surface area (TPSA) is 80.3 Å². The van der Waals surface area contributed by atoms with Crippen LogP contribution in [0, 0.1) is 6.92 Å². The number of rotatable bonds is 2. The van der Waals surface area contributed by atoms with Crippen molar-refractivity contribution < 1.29 is 14.3 Å². The van der Waals surface area contributed by atoms with Crippen LogP contribution in [0.4, 0.5) is 10.8 Å². The average molecular weight is 359 g/mol. The minimum Gasteiger partial charge on any atom is -0.466 e. The molecule has 0 aliphatic carbocycles. The van der Waals surface area contributed by atoms with Gasteiger partial charge in [-0.3, -0.25) is 14.9 Å². The predicted octanol–water partition coefficient (Wildman–Crippen LogP) is 3.48. The van der Waals surface area contributed by atoms with Gasteiger partial charge in [-0.2, -0.15) is 0 Å². The van der Waals surface area contributed by atoms with Gasteiger partial charge in [0.2, 0.25) is 0 Å². The molecular weight excluding hydrogens is 338 g/mol. The number of benzene rings is 1. The highest BCUT2D eigenvalue weighted by Crippen LogP contribution is 2.35. The fourth-order valence-electron chi connectivity index (χ4n) is 2.38. The number of nitrogens with one attached hydrogen (secondary N) is 2. The normalized spacial score (nSPS) is 19.6. The molecule has 2 heterocycles. The lowest BCUT2D eigenvalue weighted by Crippen LogP contribution is -2.56. The highest BCUT2D eigenvalue weighted by Gasteiger charge is 2.47. The van der Waals surface area contributed by atoms with Crippen LogP contribution >= 0.6 is 11.3 Å². The molecule has 1 aromatic heterocycles. The third kappa shape index (κ3) is 3.24. The summed E-state index contributed by atoms with van der Waals surface area (Å²) in [6, 6.07) is 5.42. The Hall–Kier alpha value is -2.41. The van der Waals surface area contributed by atoms with Crippen molar-refractivity contribution in [3.63, 3.8) is 0 Å². The number of aromatic nitrogens is 1. The Balaban J connectivity index is 1.82. The van der Waals surface area contributed by atoms with Gasteiger partial charge in [0.15, 0.2) is 5.13 Å². The van der Waals surface area contributed by atoms with Crippen molar-refractivity contribution in [3.8, 4) is 5.75 Å². The molecule has 25 heavy (non-hydrogen) atoms. The van der Waals surface area contributed by atoms with Gasteiger partial charge in [0.05, 0.1) is 11.4 Å². The van der Waals surface area contributed by atoms with Crippen molar-refractivity contribution >= 4 is 34.0 Å². The van der Waals surface area contributed by atoms with E-state index in [9.17, 15) is 9.59 Å².